The van der Waals surface area contributed by atoms with E-state index < -0.39 is 0 Å². The number of ketones is 1. The summed E-state index contributed by atoms with van der Waals surface area (Å²) in [5.41, 5.74) is 1.47. The number of hydrogen-bond acceptors (Lipinski definition) is 1. The second-order valence-electron chi connectivity index (χ2n) is 5.92. The van der Waals surface area contributed by atoms with Gasteiger partial charge in [-0.25, -0.2) is 0 Å². The SMILES string of the molecule is CCCCCCC(Cl)CC.O=C(c1ccccc1)c1ccccc1. The average molecular weight is 345 g/mol. The van der Waals surface area contributed by atoms with E-state index in [0.717, 1.165) is 17.5 Å². The zero-order chi connectivity index (χ0) is 17.6. The van der Waals surface area contributed by atoms with Crippen LogP contribution in [0.2, 0.25) is 0 Å². The summed E-state index contributed by atoms with van der Waals surface area (Å²) >= 11 is 5.94. The van der Waals surface area contributed by atoms with Crippen molar-refractivity contribution >= 4 is 17.4 Å². The summed E-state index contributed by atoms with van der Waals surface area (Å²) in [6.07, 6.45) is 7.69. The van der Waals surface area contributed by atoms with Gasteiger partial charge in [0.1, 0.15) is 0 Å². The van der Waals surface area contributed by atoms with Crippen LogP contribution in [-0.2, 0) is 0 Å². The van der Waals surface area contributed by atoms with E-state index in [9.17, 15) is 4.79 Å². The predicted octanol–water partition coefficient (Wildman–Crippen LogP) is 6.89. The lowest BCUT2D eigenvalue weighted by Gasteiger charge is -2.04. The van der Waals surface area contributed by atoms with Crippen molar-refractivity contribution in [2.45, 2.75) is 57.7 Å². The maximum atomic E-state index is 11.8. The Labute approximate surface area is 152 Å². The van der Waals surface area contributed by atoms with E-state index in [4.69, 9.17) is 11.6 Å². The minimum absolute atomic E-state index is 0.0752. The Bertz CT molecular complexity index is 509. The third-order valence-corrected chi connectivity index (χ3v) is 4.41. The number of alkyl halides is 1. The van der Waals surface area contributed by atoms with Crippen molar-refractivity contribution in [2.75, 3.05) is 0 Å². The van der Waals surface area contributed by atoms with Gasteiger partial charge in [0.2, 0.25) is 0 Å². The van der Waals surface area contributed by atoms with Crippen LogP contribution in [-0.4, -0.2) is 11.2 Å². The molecular weight excluding hydrogens is 316 g/mol. The van der Waals surface area contributed by atoms with Gasteiger partial charge in [0.05, 0.1) is 0 Å². The van der Waals surface area contributed by atoms with E-state index in [0.29, 0.717) is 5.38 Å². The molecule has 0 saturated heterocycles. The molecule has 1 atom stereocenters. The number of carbonyl (C=O) groups is 1. The van der Waals surface area contributed by atoms with Gasteiger partial charge < -0.3 is 0 Å². The van der Waals surface area contributed by atoms with Crippen LogP contribution >= 0.6 is 11.6 Å². The summed E-state index contributed by atoms with van der Waals surface area (Å²) in [6.45, 7) is 4.38. The minimum Gasteiger partial charge on any atom is -0.289 e. The van der Waals surface area contributed by atoms with E-state index in [2.05, 4.69) is 13.8 Å². The normalized spacial score (nSPS) is 11.3. The summed E-state index contributed by atoms with van der Waals surface area (Å²) in [6, 6.07) is 18.6. The maximum absolute atomic E-state index is 11.8. The second-order valence-corrected chi connectivity index (χ2v) is 6.53. The molecule has 2 aromatic rings. The molecule has 0 N–H and O–H groups in total. The van der Waals surface area contributed by atoms with Crippen LogP contribution < -0.4 is 0 Å². The molecule has 0 spiro atoms. The predicted molar refractivity (Wildman–Crippen MR) is 105 cm³/mol. The van der Waals surface area contributed by atoms with Gasteiger partial charge in [0.25, 0.3) is 0 Å². The molecule has 0 aliphatic heterocycles. The number of halogens is 1. The molecule has 0 saturated carbocycles. The molecule has 0 radical (unpaired) electrons. The lowest BCUT2D eigenvalue weighted by molar-refractivity contribution is 0.103. The highest BCUT2D eigenvalue weighted by atomic mass is 35.5. The van der Waals surface area contributed by atoms with E-state index in [-0.39, 0.29) is 5.78 Å². The standard InChI is InChI=1S/C13H10O.C9H19Cl/c14-13(11-7-3-1-4-8-11)12-9-5-2-6-10-12;1-3-5-6-7-8-9(10)4-2/h1-10H;9H,3-8H2,1-2H3. The summed E-state index contributed by atoms with van der Waals surface area (Å²) in [4.78, 5) is 11.8. The largest absolute Gasteiger partial charge is 0.289 e. The summed E-state index contributed by atoms with van der Waals surface area (Å²) < 4.78 is 0. The molecule has 2 heteroatoms. The van der Waals surface area contributed by atoms with Crippen molar-refractivity contribution in [3.05, 3.63) is 71.8 Å². The van der Waals surface area contributed by atoms with Crippen molar-refractivity contribution in [2.24, 2.45) is 0 Å². The molecule has 0 heterocycles. The molecule has 0 amide bonds. The van der Waals surface area contributed by atoms with Crippen LogP contribution in [0.15, 0.2) is 60.7 Å². The van der Waals surface area contributed by atoms with Gasteiger partial charge in [-0.05, 0) is 12.8 Å². The molecule has 0 aliphatic carbocycles. The first kappa shape index (κ1) is 20.4. The Morgan fingerprint density at radius 1 is 0.833 bits per heavy atom. The molecule has 2 rings (SSSR count). The third-order valence-electron chi connectivity index (χ3n) is 3.89. The number of unbranched alkanes of at least 4 members (excludes halogenated alkanes) is 3. The fraction of sp³-hybridized carbons (Fsp3) is 0.409. The molecule has 0 aromatic heterocycles. The van der Waals surface area contributed by atoms with Crippen LogP contribution in [0.25, 0.3) is 0 Å². The molecule has 130 valence electrons. The highest BCUT2D eigenvalue weighted by molar-refractivity contribution is 6.20. The number of rotatable bonds is 8. The number of benzene rings is 2. The van der Waals surface area contributed by atoms with Crippen molar-refractivity contribution in [1.29, 1.82) is 0 Å². The van der Waals surface area contributed by atoms with E-state index in [1.807, 2.05) is 60.7 Å². The quantitative estimate of drug-likeness (QED) is 0.289. The molecule has 2 aromatic carbocycles. The summed E-state index contributed by atoms with van der Waals surface area (Å²) in [5.74, 6) is 0.0752. The van der Waals surface area contributed by atoms with E-state index in [1.54, 1.807) is 0 Å². The zero-order valence-electron chi connectivity index (χ0n) is 14.9. The fourth-order valence-corrected chi connectivity index (χ4v) is 2.50. The summed E-state index contributed by atoms with van der Waals surface area (Å²) in [5, 5.41) is 0.428. The van der Waals surface area contributed by atoms with Gasteiger partial charge in [0.15, 0.2) is 5.78 Å². The topological polar surface area (TPSA) is 17.1 Å². The van der Waals surface area contributed by atoms with Gasteiger partial charge >= 0.3 is 0 Å². The van der Waals surface area contributed by atoms with Gasteiger partial charge in [-0.1, -0.05) is 100 Å². The molecule has 1 unspecified atom stereocenters. The average Bonchev–Trinajstić information content (AvgIpc) is 2.66. The van der Waals surface area contributed by atoms with Gasteiger partial charge in [-0.3, -0.25) is 4.79 Å². The van der Waals surface area contributed by atoms with Crippen LogP contribution in [0.5, 0.6) is 0 Å². The van der Waals surface area contributed by atoms with Crippen LogP contribution in [0.4, 0.5) is 0 Å². The molecule has 0 bridgehead atoms. The Kier molecular flexibility index (Phi) is 10.9. The van der Waals surface area contributed by atoms with Gasteiger partial charge in [-0.2, -0.15) is 0 Å². The van der Waals surface area contributed by atoms with Crippen LogP contribution in [0.1, 0.15) is 68.3 Å². The van der Waals surface area contributed by atoms with Crippen molar-refractivity contribution in [1.82, 2.24) is 0 Å². The lowest BCUT2D eigenvalue weighted by Crippen LogP contribution is -1.99. The first-order valence-corrected chi connectivity index (χ1v) is 9.41. The second kappa shape index (κ2) is 12.8. The highest BCUT2D eigenvalue weighted by Crippen LogP contribution is 2.12. The van der Waals surface area contributed by atoms with Crippen molar-refractivity contribution < 1.29 is 4.79 Å². The molecule has 1 nitrogen and oxygen atoms in total. The van der Waals surface area contributed by atoms with Crippen LogP contribution in [0.3, 0.4) is 0 Å². The number of hydrogen-bond donors (Lipinski definition) is 0. The lowest BCUT2D eigenvalue weighted by atomic mass is 10.0. The molecule has 24 heavy (non-hydrogen) atoms. The Balaban J connectivity index is 0.000000257. The highest BCUT2D eigenvalue weighted by Gasteiger charge is 2.06. The molecular formula is C22H29ClO. The Hall–Kier alpha value is -1.60. The first-order valence-electron chi connectivity index (χ1n) is 8.97. The van der Waals surface area contributed by atoms with Crippen LogP contribution in [0, 0.1) is 0 Å². The zero-order valence-corrected chi connectivity index (χ0v) is 15.6. The Morgan fingerprint density at radius 3 is 1.75 bits per heavy atom. The Morgan fingerprint density at radius 2 is 1.33 bits per heavy atom. The van der Waals surface area contributed by atoms with Crippen molar-refractivity contribution in [3.8, 4) is 0 Å². The smallest absolute Gasteiger partial charge is 0.193 e. The molecule has 0 aliphatic rings. The van der Waals surface area contributed by atoms with Crippen molar-refractivity contribution in [3.63, 3.8) is 0 Å². The fourth-order valence-electron chi connectivity index (χ4n) is 2.34. The van der Waals surface area contributed by atoms with Gasteiger partial charge in [-0.15, -0.1) is 11.6 Å². The first-order chi connectivity index (χ1) is 11.7. The van der Waals surface area contributed by atoms with Gasteiger partial charge in [0, 0.05) is 16.5 Å². The molecule has 0 fully saturated rings. The maximum Gasteiger partial charge on any atom is 0.193 e. The van der Waals surface area contributed by atoms with E-state index >= 15 is 0 Å². The number of carbonyl (C=O) groups excluding carboxylic acids is 1. The third kappa shape index (κ3) is 8.31. The monoisotopic (exact) mass is 344 g/mol. The minimum atomic E-state index is 0.0752. The summed E-state index contributed by atoms with van der Waals surface area (Å²) in [7, 11) is 0. The van der Waals surface area contributed by atoms with E-state index in [1.165, 1.54) is 32.1 Å².